The van der Waals surface area contributed by atoms with Crippen LogP contribution in [0.2, 0.25) is 0 Å². The molecule has 0 saturated carbocycles. The van der Waals surface area contributed by atoms with Gasteiger partial charge in [0.1, 0.15) is 0 Å². The minimum Gasteiger partial charge on any atom is -0.478 e. The van der Waals surface area contributed by atoms with Crippen molar-refractivity contribution in [2.24, 2.45) is 0 Å². The second-order valence-corrected chi connectivity index (χ2v) is 4.25. The molecular weight excluding hydrogens is 202 g/mol. The number of hydrogen-bond acceptors (Lipinski definition) is 2. The number of benzene rings is 1. The Kier molecular flexibility index (Phi) is 3.25. The third-order valence-corrected chi connectivity index (χ3v) is 3.21. The minimum atomic E-state index is -0.811. The zero-order valence-corrected chi connectivity index (χ0v) is 9.49. The average molecular weight is 219 g/mol. The van der Waals surface area contributed by atoms with Crippen LogP contribution in [0.3, 0.4) is 0 Å². The van der Waals surface area contributed by atoms with E-state index in [1.807, 2.05) is 12.1 Å². The van der Waals surface area contributed by atoms with E-state index in [0.717, 1.165) is 31.4 Å². The van der Waals surface area contributed by atoms with E-state index in [1.165, 1.54) is 5.56 Å². The van der Waals surface area contributed by atoms with E-state index in [9.17, 15) is 4.79 Å². The van der Waals surface area contributed by atoms with Gasteiger partial charge in [-0.15, -0.1) is 0 Å². The highest BCUT2D eigenvalue weighted by molar-refractivity contribution is 5.89. The maximum atomic E-state index is 11.1. The standard InChI is InChI=1S/C13H17NO2/c1-2-14-10-7-6-9-4-3-5-11(13(15)16)12(9)8-10/h3-5,10,14H,2,6-8H2,1H3,(H,15,16). The van der Waals surface area contributed by atoms with Gasteiger partial charge in [-0.05, 0) is 43.0 Å². The second-order valence-electron chi connectivity index (χ2n) is 4.25. The van der Waals surface area contributed by atoms with Crippen molar-refractivity contribution in [2.75, 3.05) is 6.54 Å². The topological polar surface area (TPSA) is 49.3 Å². The lowest BCUT2D eigenvalue weighted by Gasteiger charge is -2.26. The third kappa shape index (κ3) is 2.09. The molecule has 16 heavy (non-hydrogen) atoms. The molecule has 0 heterocycles. The SMILES string of the molecule is CCNC1CCc2cccc(C(=O)O)c2C1. The van der Waals surface area contributed by atoms with E-state index in [-0.39, 0.29) is 0 Å². The summed E-state index contributed by atoms with van der Waals surface area (Å²) in [4.78, 5) is 11.1. The molecular formula is C13H17NO2. The first kappa shape index (κ1) is 11.1. The summed E-state index contributed by atoms with van der Waals surface area (Å²) >= 11 is 0. The van der Waals surface area contributed by atoms with Crippen LogP contribution in [0, 0.1) is 0 Å². The fourth-order valence-electron chi connectivity index (χ4n) is 2.45. The second kappa shape index (κ2) is 4.66. The minimum absolute atomic E-state index is 0.429. The predicted octanol–water partition coefficient (Wildman–Crippen LogP) is 1.85. The normalized spacial score (nSPS) is 19.2. The van der Waals surface area contributed by atoms with Crippen LogP contribution in [0.15, 0.2) is 18.2 Å². The van der Waals surface area contributed by atoms with Crippen molar-refractivity contribution in [3.63, 3.8) is 0 Å². The fraction of sp³-hybridized carbons (Fsp3) is 0.462. The first-order valence-electron chi connectivity index (χ1n) is 5.79. The van der Waals surface area contributed by atoms with Crippen LogP contribution in [0.25, 0.3) is 0 Å². The van der Waals surface area contributed by atoms with Crippen LogP contribution in [0.4, 0.5) is 0 Å². The number of likely N-dealkylation sites (N-methyl/N-ethyl adjacent to an activating group) is 1. The Morgan fingerprint density at radius 2 is 2.38 bits per heavy atom. The molecule has 1 aliphatic rings. The summed E-state index contributed by atoms with van der Waals surface area (Å²) in [5.41, 5.74) is 2.70. The molecule has 0 amide bonds. The van der Waals surface area contributed by atoms with Gasteiger partial charge in [-0.1, -0.05) is 19.1 Å². The number of nitrogens with one attached hydrogen (secondary N) is 1. The van der Waals surface area contributed by atoms with Gasteiger partial charge >= 0.3 is 5.97 Å². The van der Waals surface area contributed by atoms with Crippen molar-refractivity contribution in [1.29, 1.82) is 0 Å². The van der Waals surface area contributed by atoms with Gasteiger partial charge in [0.15, 0.2) is 0 Å². The number of aryl methyl sites for hydroxylation is 1. The maximum absolute atomic E-state index is 11.1. The molecule has 1 atom stereocenters. The van der Waals surface area contributed by atoms with Crippen molar-refractivity contribution in [1.82, 2.24) is 5.32 Å². The van der Waals surface area contributed by atoms with Crippen LogP contribution in [0.5, 0.6) is 0 Å². The Balaban J connectivity index is 2.30. The number of fused-ring (bicyclic) bond motifs is 1. The summed E-state index contributed by atoms with van der Waals surface area (Å²) in [6.45, 7) is 3.02. The molecule has 86 valence electrons. The molecule has 1 aliphatic carbocycles. The number of carboxylic acids is 1. The van der Waals surface area contributed by atoms with E-state index in [0.29, 0.717) is 11.6 Å². The Hall–Kier alpha value is -1.35. The highest BCUT2D eigenvalue weighted by Crippen LogP contribution is 2.24. The van der Waals surface area contributed by atoms with Crippen molar-refractivity contribution in [3.05, 3.63) is 34.9 Å². The monoisotopic (exact) mass is 219 g/mol. The van der Waals surface area contributed by atoms with Crippen LogP contribution in [-0.2, 0) is 12.8 Å². The largest absolute Gasteiger partial charge is 0.478 e. The first-order valence-corrected chi connectivity index (χ1v) is 5.79. The van der Waals surface area contributed by atoms with Gasteiger partial charge in [0.25, 0.3) is 0 Å². The zero-order chi connectivity index (χ0) is 11.5. The van der Waals surface area contributed by atoms with E-state index < -0.39 is 5.97 Å². The Morgan fingerprint density at radius 3 is 3.06 bits per heavy atom. The number of aromatic carboxylic acids is 1. The van der Waals surface area contributed by atoms with Gasteiger partial charge in [0.2, 0.25) is 0 Å². The van der Waals surface area contributed by atoms with E-state index >= 15 is 0 Å². The Morgan fingerprint density at radius 1 is 1.56 bits per heavy atom. The predicted molar refractivity (Wildman–Crippen MR) is 62.9 cm³/mol. The maximum Gasteiger partial charge on any atom is 0.335 e. The fourth-order valence-corrected chi connectivity index (χ4v) is 2.45. The lowest BCUT2D eigenvalue weighted by atomic mass is 9.85. The summed E-state index contributed by atoms with van der Waals surface area (Å²) in [5, 5.41) is 12.5. The molecule has 2 rings (SSSR count). The molecule has 0 fully saturated rings. The third-order valence-electron chi connectivity index (χ3n) is 3.21. The van der Waals surface area contributed by atoms with Crippen LogP contribution < -0.4 is 5.32 Å². The van der Waals surface area contributed by atoms with Crippen LogP contribution in [0.1, 0.15) is 34.8 Å². The smallest absolute Gasteiger partial charge is 0.335 e. The molecule has 1 unspecified atom stereocenters. The van der Waals surface area contributed by atoms with Crippen molar-refractivity contribution in [3.8, 4) is 0 Å². The number of carboxylic acid groups (broad SMARTS) is 1. The average Bonchev–Trinajstić information content (AvgIpc) is 2.28. The number of rotatable bonds is 3. The Labute approximate surface area is 95.5 Å². The van der Waals surface area contributed by atoms with Gasteiger partial charge < -0.3 is 10.4 Å². The molecule has 0 aliphatic heterocycles. The summed E-state index contributed by atoms with van der Waals surface area (Å²) in [7, 11) is 0. The highest BCUT2D eigenvalue weighted by atomic mass is 16.4. The summed E-state index contributed by atoms with van der Waals surface area (Å²) in [5.74, 6) is -0.811. The van der Waals surface area contributed by atoms with Crippen LogP contribution in [-0.4, -0.2) is 23.7 Å². The van der Waals surface area contributed by atoms with Crippen molar-refractivity contribution < 1.29 is 9.90 Å². The quantitative estimate of drug-likeness (QED) is 0.815. The van der Waals surface area contributed by atoms with E-state index in [4.69, 9.17) is 5.11 Å². The number of hydrogen-bond donors (Lipinski definition) is 2. The Bertz CT molecular complexity index is 401. The molecule has 3 nitrogen and oxygen atoms in total. The van der Waals surface area contributed by atoms with Crippen molar-refractivity contribution >= 4 is 5.97 Å². The molecule has 0 saturated heterocycles. The molecule has 1 aromatic carbocycles. The van der Waals surface area contributed by atoms with E-state index in [1.54, 1.807) is 6.07 Å². The zero-order valence-electron chi connectivity index (χ0n) is 9.49. The van der Waals surface area contributed by atoms with Crippen LogP contribution >= 0.6 is 0 Å². The summed E-state index contributed by atoms with van der Waals surface area (Å²) < 4.78 is 0. The molecule has 0 bridgehead atoms. The molecule has 1 aromatic rings. The summed E-state index contributed by atoms with van der Waals surface area (Å²) in [6, 6.07) is 6.02. The van der Waals surface area contributed by atoms with Gasteiger partial charge in [-0.3, -0.25) is 0 Å². The van der Waals surface area contributed by atoms with E-state index in [2.05, 4.69) is 12.2 Å². The first-order chi connectivity index (χ1) is 7.72. The van der Waals surface area contributed by atoms with Gasteiger partial charge in [-0.2, -0.15) is 0 Å². The summed E-state index contributed by atoms with van der Waals surface area (Å²) in [6.07, 6.45) is 2.92. The van der Waals surface area contributed by atoms with Gasteiger partial charge in [-0.25, -0.2) is 4.79 Å². The molecule has 2 N–H and O–H groups in total. The molecule has 0 aromatic heterocycles. The molecule has 0 radical (unpaired) electrons. The van der Waals surface area contributed by atoms with Gasteiger partial charge in [0, 0.05) is 6.04 Å². The lowest BCUT2D eigenvalue weighted by molar-refractivity contribution is 0.0695. The molecule has 0 spiro atoms. The lowest BCUT2D eigenvalue weighted by Crippen LogP contribution is -2.35. The molecule has 3 heteroatoms. The highest BCUT2D eigenvalue weighted by Gasteiger charge is 2.22. The van der Waals surface area contributed by atoms with Gasteiger partial charge in [0.05, 0.1) is 5.56 Å². The number of carbonyl (C=O) groups is 1. The van der Waals surface area contributed by atoms with Crippen molar-refractivity contribution in [2.45, 2.75) is 32.2 Å².